The van der Waals surface area contributed by atoms with Crippen LogP contribution >= 0.6 is 11.3 Å². The maximum absolute atomic E-state index is 14.8. The van der Waals surface area contributed by atoms with Gasteiger partial charge < -0.3 is 11.1 Å². The fourth-order valence-corrected chi connectivity index (χ4v) is 5.16. The Morgan fingerprint density at radius 3 is 2.74 bits per heavy atom. The maximum Gasteiger partial charge on any atom is 0.223 e. The van der Waals surface area contributed by atoms with Crippen LogP contribution in [0.15, 0.2) is 54.9 Å². The van der Waals surface area contributed by atoms with Crippen LogP contribution < -0.4 is 11.1 Å². The SMILES string of the molecule is Cc1cnnn1CCNc1ncc(F)c(-c2cc3cccc(-c4cc(F)ccc4C(C)N)c3s2)n1. The molecule has 0 spiro atoms. The molecule has 0 saturated heterocycles. The number of aromatic nitrogens is 5. The molecule has 1 atom stereocenters. The van der Waals surface area contributed by atoms with Gasteiger partial charge in [0.2, 0.25) is 5.95 Å². The summed E-state index contributed by atoms with van der Waals surface area (Å²) in [5.41, 5.74) is 9.73. The summed E-state index contributed by atoms with van der Waals surface area (Å²) >= 11 is 1.40. The van der Waals surface area contributed by atoms with Crippen LogP contribution in [-0.4, -0.2) is 31.5 Å². The van der Waals surface area contributed by atoms with E-state index in [1.807, 2.05) is 38.1 Å². The second-order valence-electron chi connectivity index (χ2n) is 8.27. The number of hydrogen-bond acceptors (Lipinski definition) is 7. The number of nitrogens with one attached hydrogen (secondary N) is 1. The van der Waals surface area contributed by atoms with Crippen LogP contribution in [0.5, 0.6) is 0 Å². The highest BCUT2D eigenvalue weighted by molar-refractivity contribution is 7.22. The van der Waals surface area contributed by atoms with E-state index < -0.39 is 5.82 Å². The van der Waals surface area contributed by atoms with Crippen molar-refractivity contribution >= 4 is 27.4 Å². The molecule has 2 aromatic carbocycles. The van der Waals surface area contributed by atoms with Gasteiger partial charge in [0, 0.05) is 17.3 Å². The molecule has 0 aliphatic rings. The van der Waals surface area contributed by atoms with Gasteiger partial charge in [-0.1, -0.05) is 29.5 Å². The van der Waals surface area contributed by atoms with Gasteiger partial charge in [-0.3, -0.25) is 0 Å². The Bertz CT molecular complexity index is 1510. The van der Waals surface area contributed by atoms with Crippen LogP contribution in [0, 0.1) is 18.6 Å². The first-order valence-corrected chi connectivity index (χ1v) is 11.9. The molecule has 0 aliphatic heterocycles. The van der Waals surface area contributed by atoms with E-state index in [2.05, 4.69) is 25.6 Å². The molecule has 10 heteroatoms. The summed E-state index contributed by atoms with van der Waals surface area (Å²) in [4.78, 5) is 9.16. The van der Waals surface area contributed by atoms with Crippen molar-refractivity contribution in [3.63, 3.8) is 0 Å². The predicted octanol–water partition coefficient (Wildman–Crippen LogP) is 5.34. The third-order valence-electron chi connectivity index (χ3n) is 5.74. The molecule has 0 radical (unpaired) electrons. The second-order valence-corrected chi connectivity index (χ2v) is 9.32. The van der Waals surface area contributed by atoms with Crippen LogP contribution in [0.4, 0.5) is 14.7 Å². The molecule has 0 fully saturated rings. The van der Waals surface area contributed by atoms with Crippen LogP contribution in [0.1, 0.15) is 24.2 Å². The molecule has 3 aromatic heterocycles. The van der Waals surface area contributed by atoms with Gasteiger partial charge in [0.1, 0.15) is 11.5 Å². The maximum atomic E-state index is 14.8. The highest BCUT2D eigenvalue weighted by Crippen LogP contribution is 2.41. The lowest BCUT2D eigenvalue weighted by molar-refractivity contribution is 0.591. The molecule has 5 rings (SSSR count). The van der Waals surface area contributed by atoms with E-state index in [4.69, 9.17) is 5.73 Å². The number of halogens is 2. The largest absolute Gasteiger partial charge is 0.352 e. The summed E-state index contributed by atoms with van der Waals surface area (Å²) in [6.07, 6.45) is 2.85. The lowest BCUT2D eigenvalue weighted by atomic mass is 9.95. The molecule has 7 nitrogen and oxygen atoms in total. The Morgan fingerprint density at radius 1 is 1.11 bits per heavy atom. The number of rotatable bonds is 7. The smallest absolute Gasteiger partial charge is 0.223 e. The van der Waals surface area contributed by atoms with E-state index in [-0.39, 0.29) is 17.6 Å². The first-order chi connectivity index (χ1) is 16.9. The fourth-order valence-electron chi connectivity index (χ4n) is 3.98. The lowest BCUT2D eigenvalue weighted by Gasteiger charge is -2.14. The number of fused-ring (bicyclic) bond motifs is 1. The summed E-state index contributed by atoms with van der Waals surface area (Å²) in [5.74, 6) is -0.532. The standard InChI is InChI=1S/C25H23F2N7S/c1-14-12-31-33-34(14)9-8-29-25-30-13-21(27)23(32-25)22-10-16-4-3-5-19(24(16)35-22)20-11-17(26)6-7-18(20)15(2)28/h3-7,10-13,15H,8-9,28H2,1-2H3,(H,29,30,32). The Labute approximate surface area is 204 Å². The van der Waals surface area contributed by atoms with Gasteiger partial charge in [-0.15, -0.1) is 16.4 Å². The minimum atomic E-state index is -0.516. The second kappa shape index (κ2) is 9.47. The molecule has 5 aromatic rings. The van der Waals surface area contributed by atoms with E-state index in [0.29, 0.717) is 23.9 Å². The number of aryl methyl sites for hydroxylation is 1. The van der Waals surface area contributed by atoms with Crippen LogP contribution in [-0.2, 0) is 6.54 Å². The Balaban J connectivity index is 1.49. The van der Waals surface area contributed by atoms with Crippen molar-refractivity contribution in [2.75, 3.05) is 11.9 Å². The number of nitrogens with zero attached hydrogens (tertiary/aromatic N) is 5. The minimum Gasteiger partial charge on any atom is -0.352 e. The van der Waals surface area contributed by atoms with Crippen LogP contribution in [0.25, 0.3) is 31.8 Å². The summed E-state index contributed by atoms with van der Waals surface area (Å²) in [5, 5.41) is 11.9. The fraction of sp³-hybridized carbons (Fsp3) is 0.200. The third-order valence-corrected chi connectivity index (χ3v) is 6.93. The summed E-state index contributed by atoms with van der Waals surface area (Å²) in [6.45, 7) is 4.87. The molecular weight excluding hydrogens is 468 g/mol. The normalized spacial score (nSPS) is 12.3. The van der Waals surface area contributed by atoms with Crippen molar-refractivity contribution < 1.29 is 8.78 Å². The molecule has 35 heavy (non-hydrogen) atoms. The Kier molecular flexibility index (Phi) is 6.23. The third kappa shape index (κ3) is 4.62. The quantitative estimate of drug-likeness (QED) is 0.319. The average molecular weight is 492 g/mol. The Morgan fingerprint density at radius 2 is 1.97 bits per heavy atom. The number of benzene rings is 2. The molecule has 178 valence electrons. The van der Waals surface area contributed by atoms with Gasteiger partial charge >= 0.3 is 0 Å². The number of thiophene rings is 1. The number of hydrogen-bond donors (Lipinski definition) is 2. The molecule has 0 bridgehead atoms. The van der Waals surface area contributed by atoms with Crippen molar-refractivity contribution in [2.45, 2.75) is 26.4 Å². The van der Waals surface area contributed by atoms with Gasteiger partial charge in [0.25, 0.3) is 0 Å². The minimum absolute atomic E-state index is 0.207. The first-order valence-electron chi connectivity index (χ1n) is 11.1. The van der Waals surface area contributed by atoms with Crippen molar-refractivity contribution in [1.29, 1.82) is 0 Å². The first kappa shape index (κ1) is 23.0. The molecule has 0 amide bonds. The van der Waals surface area contributed by atoms with E-state index in [1.165, 1.54) is 23.5 Å². The van der Waals surface area contributed by atoms with E-state index in [0.717, 1.165) is 38.7 Å². The topological polar surface area (TPSA) is 94.5 Å². The molecule has 3 N–H and O–H groups in total. The van der Waals surface area contributed by atoms with Crippen molar-refractivity contribution in [1.82, 2.24) is 25.0 Å². The number of anilines is 1. The van der Waals surface area contributed by atoms with Gasteiger partial charge in [-0.05, 0) is 54.1 Å². The van der Waals surface area contributed by atoms with Gasteiger partial charge in [-0.2, -0.15) is 0 Å². The summed E-state index contributed by atoms with van der Waals surface area (Å²) in [6, 6.07) is 12.0. The highest BCUT2D eigenvalue weighted by atomic mass is 32.1. The zero-order valence-electron chi connectivity index (χ0n) is 19.2. The van der Waals surface area contributed by atoms with Gasteiger partial charge in [-0.25, -0.2) is 23.4 Å². The van der Waals surface area contributed by atoms with E-state index >= 15 is 0 Å². The van der Waals surface area contributed by atoms with E-state index in [1.54, 1.807) is 16.9 Å². The molecule has 0 aliphatic carbocycles. The molecule has 1 unspecified atom stereocenters. The van der Waals surface area contributed by atoms with Crippen molar-refractivity contribution in [2.24, 2.45) is 5.73 Å². The van der Waals surface area contributed by atoms with Crippen molar-refractivity contribution in [3.05, 3.63) is 77.8 Å². The molecular formula is C25H23F2N7S. The summed E-state index contributed by atoms with van der Waals surface area (Å²) in [7, 11) is 0. The van der Waals surface area contributed by atoms with Crippen molar-refractivity contribution in [3.8, 4) is 21.7 Å². The predicted molar refractivity (Wildman–Crippen MR) is 134 cm³/mol. The zero-order valence-corrected chi connectivity index (χ0v) is 20.0. The lowest BCUT2D eigenvalue weighted by Crippen LogP contribution is -2.14. The highest BCUT2D eigenvalue weighted by Gasteiger charge is 2.17. The average Bonchev–Trinajstić information content (AvgIpc) is 3.45. The summed E-state index contributed by atoms with van der Waals surface area (Å²) < 4.78 is 31.6. The van der Waals surface area contributed by atoms with E-state index in [9.17, 15) is 8.78 Å². The Hall–Kier alpha value is -3.76. The van der Waals surface area contributed by atoms with Gasteiger partial charge in [0.15, 0.2) is 5.82 Å². The number of nitrogens with two attached hydrogens (primary N) is 1. The van der Waals surface area contributed by atoms with Crippen LogP contribution in [0.2, 0.25) is 0 Å². The monoisotopic (exact) mass is 491 g/mol. The zero-order chi connectivity index (χ0) is 24.5. The molecule has 0 saturated carbocycles. The van der Waals surface area contributed by atoms with Crippen LogP contribution in [0.3, 0.4) is 0 Å². The van der Waals surface area contributed by atoms with Gasteiger partial charge in [0.05, 0.1) is 29.5 Å². The molecule has 3 heterocycles.